The van der Waals surface area contributed by atoms with Crippen LogP contribution in [0.25, 0.3) is 16.9 Å². The molecule has 1 fully saturated rings. The molecule has 6 heteroatoms. The Kier molecular flexibility index (Phi) is 5.48. The summed E-state index contributed by atoms with van der Waals surface area (Å²) >= 11 is 0. The van der Waals surface area contributed by atoms with Crippen molar-refractivity contribution in [1.82, 2.24) is 19.6 Å². The molecule has 29 heavy (non-hydrogen) atoms. The molecule has 4 rings (SSSR count). The zero-order chi connectivity index (χ0) is 20.5. The first kappa shape index (κ1) is 19.7. The summed E-state index contributed by atoms with van der Waals surface area (Å²) in [6, 6.07) is 12.1. The Balaban J connectivity index is 1.74. The molecular formula is C23H26F2N4. The van der Waals surface area contributed by atoms with Gasteiger partial charge in [0.25, 0.3) is 0 Å². The highest BCUT2D eigenvalue weighted by molar-refractivity contribution is 5.67. The number of nitrogens with zero attached hydrogens (tertiary/aromatic N) is 4. The largest absolute Gasteiger partial charge is 0.301 e. The van der Waals surface area contributed by atoms with Crippen molar-refractivity contribution in [3.05, 3.63) is 71.4 Å². The van der Waals surface area contributed by atoms with Crippen molar-refractivity contribution in [2.24, 2.45) is 0 Å². The number of likely N-dealkylation sites (N-methyl/N-ethyl adjacent to an activating group) is 1. The first-order valence-corrected chi connectivity index (χ1v) is 9.95. The van der Waals surface area contributed by atoms with Crippen LogP contribution in [0.2, 0.25) is 0 Å². The second kappa shape index (κ2) is 8.05. The van der Waals surface area contributed by atoms with Gasteiger partial charge < -0.3 is 4.90 Å². The van der Waals surface area contributed by atoms with Crippen LogP contribution in [0.15, 0.2) is 48.7 Å². The van der Waals surface area contributed by atoms with Gasteiger partial charge in [-0.3, -0.25) is 4.90 Å². The fourth-order valence-corrected chi connectivity index (χ4v) is 3.89. The van der Waals surface area contributed by atoms with E-state index in [1.54, 1.807) is 0 Å². The first-order chi connectivity index (χ1) is 13.9. The van der Waals surface area contributed by atoms with Gasteiger partial charge in [-0.15, -0.1) is 0 Å². The molecule has 4 nitrogen and oxygen atoms in total. The van der Waals surface area contributed by atoms with Crippen LogP contribution in [0, 0.1) is 18.6 Å². The zero-order valence-electron chi connectivity index (χ0n) is 17.1. The molecule has 1 atom stereocenters. The van der Waals surface area contributed by atoms with Gasteiger partial charge in [0.2, 0.25) is 0 Å². The normalized spacial score (nSPS) is 18.3. The minimum absolute atomic E-state index is 0.249. The van der Waals surface area contributed by atoms with Crippen molar-refractivity contribution in [2.75, 3.05) is 26.7 Å². The lowest BCUT2D eigenvalue weighted by Gasteiger charge is -2.37. The molecule has 0 bridgehead atoms. The maximum Gasteiger partial charge on any atom is 0.151 e. The van der Waals surface area contributed by atoms with Gasteiger partial charge in [0.05, 0.1) is 5.69 Å². The summed E-state index contributed by atoms with van der Waals surface area (Å²) in [5.41, 5.74) is 4.29. The van der Waals surface area contributed by atoms with E-state index >= 15 is 0 Å². The van der Waals surface area contributed by atoms with Gasteiger partial charge in [0, 0.05) is 55.6 Å². The number of benzene rings is 2. The van der Waals surface area contributed by atoms with Crippen molar-refractivity contribution in [3.63, 3.8) is 0 Å². The van der Waals surface area contributed by atoms with Crippen LogP contribution in [-0.4, -0.2) is 52.3 Å². The molecule has 1 unspecified atom stereocenters. The summed E-state index contributed by atoms with van der Waals surface area (Å²) in [5.74, 6) is -1.22. The van der Waals surface area contributed by atoms with Crippen molar-refractivity contribution >= 4 is 0 Å². The molecule has 1 aromatic heterocycles. The Bertz CT molecular complexity index is 1010. The van der Waals surface area contributed by atoms with Crippen molar-refractivity contribution < 1.29 is 8.78 Å². The monoisotopic (exact) mass is 396 g/mol. The summed E-state index contributed by atoms with van der Waals surface area (Å²) in [7, 11) is 2.15. The molecule has 3 aromatic rings. The average molecular weight is 396 g/mol. The fraction of sp³-hybridized carbons (Fsp3) is 0.348. The van der Waals surface area contributed by atoms with E-state index in [0.29, 0.717) is 6.04 Å². The van der Waals surface area contributed by atoms with Gasteiger partial charge >= 0.3 is 0 Å². The first-order valence-electron chi connectivity index (χ1n) is 9.95. The SMILES string of the molecule is Cc1ccccc1-c1nn(-c2ccc(F)cc2F)cc1CN1CCN(C)C(C)C1. The summed E-state index contributed by atoms with van der Waals surface area (Å²) in [4.78, 5) is 4.77. The fourth-order valence-electron chi connectivity index (χ4n) is 3.89. The van der Waals surface area contributed by atoms with Gasteiger partial charge in [-0.25, -0.2) is 13.5 Å². The van der Waals surface area contributed by atoms with Crippen LogP contribution in [-0.2, 0) is 6.54 Å². The Labute approximate surface area is 170 Å². The maximum absolute atomic E-state index is 14.4. The third-order valence-corrected chi connectivity index (χ3v) is 5.78. The lowest BCUT2D eigenvalue weighted by molar-refractivity contribution is 0.100. The molecule has 2 aromatic carbocycles. The zero-order valence-corrected chi connectivity index (χ0v) is 17.1. The summed E-state index contributed by atoms with van der Waals surface area (Å²) in [6.45, 7) is 7.98. The predicted molar refractivity (Wildman–Crippen MR) is 111 cm³/mol. The van der Waals surface area contributed by atoms with Crippen LogP contribution in [0.1, 0.15) is 18.1 Å². The number of aromatic nitrogens is 2. The van der Waals surface area contributed by atoms with Gasteiger partial charge in [0.15, 0.2) is 5.82 Å². The highest BCUT2D eigenvalue weighted by atomic mass is 19.1. The Morgan fingerprint density at radius 1 is 1.10 bits per heavy atom. The van der Waals surface area contributed by atoms with E-state index in [0.717, 1.165) is 54.6 Å². The summed E-state index contributed by atoms with van der Waals surface area (Å²) < 4.78 is 29.3. The van der Waals surface area contributed by atoms with E-state index in [-0.39, 0.29) is 5.69 Å². The Morgan fingerprint density at radius 3 is 2.62 bits per heavy atom. The summed E-state index contributed by atoms with van der Waals surface area (Å²) in [6.07, 6.45) is 1.88. The van der Waals surface area contributed by atoms with E-state index < -0.39 is 11.6 Å². The molecule has 0 amide bonds. The number of piperazine rings is 1. The van der Waals surface area contributed by atoms with Crippen LogP contribution in [0.5, 0.6) is 0 Å². The molecule has 0 N–H and O–H groups in total. The molecule has 0 spiro atoms. The van der Waals surface area contributed by atoms with Crippen LogP contribution >= 0.6 is 0 Å². The molecule has 1 saturated heterocycles. The van der Waals surface area contributed by atoms with Crippen LogP contribution in [0.3, 0.4) is 0 Å². The summed E-state index contributed by atoms with van der Waals surface area (Å²) in [5, 5.41) is 4.72. The maximum atomic E-state index is 14.4. The van der Waals surface area contributed by atoms with Gasteiger partial charge in [-0.05, 0) is 38.6 Å². The molecule has 1 aliphatic rings. The lowest BCUT2D eigenvalue weighted by atomic mass is 10.0. The number of hydrogen-bond donors (Lipinski definition) is 0. The Hall–Kier alpha value is -2.57. The van der Waals surface area contributed by atoms with Crippen molar-refractivity contribution in [2.45, 2.75) is 26.4 Å². The van der Waals surface area contributed by atoms with Gasteiger partial charge in [-0.2, -0.15) is 5.10 Å². The molecule has 1 aliphatic heterocycles. The standard InChI is InChI=1S/C23H26F2N4/c1-16-6-4-5-7-20(16)23-18(14-28-11-10-27(3)17(2)13-28)15-29(26-23)22-9-8-19(24)12-21(22)25/h4-9,12,15,17H,10-11,13-14H2,1-3H3. The Morgan fingerprint density at radius 2 is 1.90 bits per heavy atom. The van der Waals surface area contributed by atoms with E-state index in [2.05, 4.69) is 36.8 Å². The average Bonchev–Trinajstić information content (AvgIpc) is 3.08. The van der Waals surface area contributed by atoms with Crippen LogP contribution in [0.4, 0.5) is 8.78 Å². The van der Waals surface area contributed by atoms with E-state index in [1.807, 2.05) is 24.4 Å². The highest BCUT2D eigenvalue weighted by Crippen LogP contribution is 2.28. The van der Waals surface area contributed by atoms with Crippen molar-refractivity contribution in [3.8, 4) is 16.9 Å². The van der Waals surface area contributed by atoms with Gasteiger partial charge in [0.1, 0.15) is 11.5 Å². The molecule has 2 heterocycles. The topological polar surface area (TPSA) is 24.3 Å². The smallest absolute Gasteiger partial charge is 0.151 e. The molecule has 0 saturated carbocycles. The second-order valence-corrected chi connectivity index (χ2v) is 7.92. The number of halogens is 2. The van der Waals surface area contributed by atoms with Crippen molar-refractivity contribution in [1.29, 1.82) is 0 Å². The lowest BCUT2D eigenvalue weighted by Crippen LogP contribution is -2.49. The highest BCUT2D eigenvalue weighted by Gasteiger charge is 2.23. The number of aryl methyl sites for hydroxylation is 1. The van der Waals surface area contributed by atoms with E-state index in [9.17, 15) is 8.78 Å². The minimum atomic E-state index is -0.622. The van der Waals surface area contributed by atoms with E-state index in [4.69, 9.17) is 5.10 Å². The quantitative estimate of drug-likeness (QED) is 0.659. The second-order valence-electron chi connectivity index (χ2n) is 7.92. The molecule has 0 radical (unpaired) electrons. The minimum Gasteiger partial charge on any atom is -0.301 e. The molecule has 0 aliphatic carbocycles. The van der Waals surface area contributed by atoms with Crippen LogP contribution < -0.4 is 0 Å². The molecule has 152 valence electrons. The number of rotatable bonds is 4. The third kappa shape index (κ3) is 4.09. The van der Waals surface area contributed by atoms with Gasteiger partial charge in [-0.1, -0.05) is 24.3 Å². The molecular weight excluding hydrogens is 370 g/mol. The predicted octanol–water partition coefficient (Wildman–Crippen LogP) is 4.26. The third-order valence-electron chi connectivity index (χ3n) is 5.78. The van der Waals surface area contributed by atoms with E-state index in [1.165, 1.54) is 16.8 Å². The number of hydrogen-bond acceptors (Lipinski definition) is 3.